The van der Waals surface area contributed by atoms with E-state index in [1.807, 2.05) is 32.0 Å². The molecule has 0 bridgehead atoms. The topological polar surface area (TPSA) is 84.2 Å². The van der Waals surface area contributed by atoms with Crippen molar-refractivity contribution in [1.82, 2.24) is 9.55 Å². The number of aromatic nitrogens is 2. The third-order valence-electron chi connectivity index (χ3n) is 5.52. The van der Waals surface area contributed by atoms with Crippen LogP contribution in [0.3, 0.4) is 0 Å². The smallest absolute Gasteiger partial charge is 0.356 e. The number of pyridine rings is 2. The normalized spacial score (nSPS) is 12.0. The number of rotatable bonds is 5. The lowest BCUT2D eigenvalue weighted by Crippen LogP contribution is -2.20. The van der Waals surface area contributed by atoms with Gasteiger partial charge >= 0.3 is 5.97 Å². The van der Waals surface area contributed by atoms with E-state index < -0.39 is 5.97 Å². The van der Waals surface area contributed by atoms with Crippen LogP contribution in [0.15, 0.2) is 65.6 Å². The number of benzene rings is 2. The highest BCUT2D eigenvalue weighted by Gasteiger charge is 2.18. The Morgan fingerprint density at radius 2 is 1.84 bits per heavy atom. The Morgan fingerprint density at radius 1 is 1.12 bits per heavy atom. The fourth-order valence-corrected chi connectivity index (χ4v) is 3.95. The highest BCUT2D eigenvalue weighted by molar-refractivity contribution is 5.93. The van der Waals surface area contributed by atoms with Crippen molar-refractivity contribution >= 4 is 22.4 Å². The molecule has 2 heterocycles. The molecule has 6 nitrogen and oxygen atoms in total. The maximum Gasteiger partial charge on any atom is 0.356 e. The highest BCUT2D eigenvalue weighted by Crippen LogP contribution is 2.31. The number of carboxylic acid groups (broad SMARTS) is 1. The summed E-state index contributed by atoms with van der Waals surface area (Å²) in [4.78, 5) is 28.7. The molecular weight excluding hydrogens is 409 g/mol. The first kappa shape index (κ1) is 21.2. The molecule has 0 saturated carbocycles. The van der Waals surface area contributed by atoms with Crippen molar-refractivity contribution in [1.29, 1.82) is 0 Å². The molecule has 2 aromatic heterocycles. The third-order valence-corrected chi connectivity index (χ3v) is 5.52. The van der Waals surface area contributed by atoms with E-state index in [0.717, 1.165) is 22.1 Å². The van der Waals surface area contributed by atoms with E-state index in [4.69, 9.17) is 0 Å². The van der Waals surface area contributed by atoms with E-state index in [1.165, 1.54) is 18.3 Å². The molecule has 0 aliphatic heterocycles. The lowest BCUT2D eigenvalue weighted by atomic mass is 9.96. The highest BCUT2D eigenvalue weighted by atomic mass is 19.1. The summed E-state index contributed by atoms with van der Waals surface area (Å²) in [7, 11) is 1.69. The number of carboxylic acids is 1. The van der Waals surface area contributed by atoms with Crippen molar-refractivity contribution in [3.8, 4) is 11.3 Å². The van der Waals surface area contributed by atoms with Crippen molar-refractivity contribution in [3.05, 3.63) is 93.8 Å². The maximum atomic E-state index is 13.4. The lowest BCUT2D eigenvalue weighted by molar-refractivity contribution is 0.0691. The zero-order valence-corrected chi connectivity index (χ0v) is 17.9. The molecule has 0 aliphatic carbocycles. The quantitative estimate of drug-likeness (QED) is 0.469. The minimum atomic E-state index is -1.12. The summed E-state index contributed by atoms with van der Waals surface area (Å²) >= 11 is 0. The van der Waals surface area contributed by atoms with Gasteiger partial charge in [-0.3, -0.25) is 4.79 Å². The summed E-state index contributed by atoms with van der Waals surface area (Å²) in [5.41, 5.74) is 3.31. The summed E-state index contributed by atoms with van der Waals surface area (Å²) in [6.07, 6.45) is 1.43. The van der Waals surface area contributed by atoms with Crippen LogP contribution in [-0.2, 0) is 7.05 Å². The molecular formula is C25H22FN3O3. The van der Waals surface area contributed by atoms with Crippen LogP contribution in [0.4, 0.5) is 10.1 Å². The van der Waals surface area contributed by atoms with Gasteiger partial charge in [0.25, 0.3) is 5.56 Å². The van der Waals surface area contributed by atoms with Crippen molar-refractivity contribution < 1.29 is 14.3 Å². The minimum Gasteiger partial charge on any atom is -0.476 e. The van der Waals surface area contributed by atoms with Crippen LogP contribution in [-0.4, -0.2) is 20.6 Å². The van der Waals surface area contributed by atoms with Gasteiger partial charge in [0.15, 0.2) is 5.69 Å². The third kappa shape index (κ3) is 3.85. The predicted octanol–water partition coefficient (Wildman–Crippen LogP) is 4.92. The number of hydrogen-bond acceptors (Lipinski definition) is 4. The monoisotopic (exact) mass is 431 g/mol. The SMILES string of the molecule is Cc1cc(C(C)Nc2cccnc2C(=O)O)c2cc(-c3ccc(F)cc3)n(C)c(=O)c2c1. The number of halogens is 1. The van der Waals surface area contributed by atoms with Crippen LogP contribution in [0.25, 0.3) is 22.0 Å². The van der Waals surface area contributed by atoms with E-state index in [-0.39, 0.29) is 23.1 Å². The zero-order chi connectivity index (χ0) is 23.0. The van der Waals surface area contributed by atoms with Crippen molar-refractivity contribution in [2.24, 2.45) is 7.05 Å². The summed E-state index contributed by atoms with van der Waals surface area (Å²) < 4.78 is 15.0. The van der Waals surface area contributed by atoms with Gasteiger partial charge in [-0.1, -0.05) is 6.07 Å². The average Bonchev–Trinajstić information content (AvgIpc) is 2.77. The Balaban J connectivity index is 1.89. The zero-order valence-electron chi connectivity index (χ0n) is 17.9. The number of fused-ring (bicyclic) bond motifs is 1. The second-order valence-corrected chi connectivity index (χ2v) is 7.79. The number of hydrogen-bond donors (Lipinski definition) is 2. The first-order valence-corrected chi connectivity index (χ1v) is 10.1. The Labute approximate surface area is 184 Å². The summed E-state index contributed by atoms with van der Waals surface area (Å²) in [6, 6.07) is 14.7. The number of anilines is 1. The van der Waals surface area contributed by atoms with Gasteiger partial charge < -0.3 is 15.0 Å². The second-order valence-electron chi connectivity index (χ2n) is 7.79. The fraction of sp³-hybridized carbons (Fsp3) is 0.160. The molecule has 0 spiro atoms. The molecule has 0 saturated heterocycles. The Hall–Kier alpha value is -4.00. The van der Waals surface area contributed by atoms with E-state index in [9.17, 15) is 19.1 Å². The Kier molecular flexibility index (Phi) is 5.48. The molecule has 2 aromatic carbocycles. The first-order chi connectivity index (χ1) is 15.3. The van der Waals surface area contributed by atoms with Gasteiger partial charge in [0.1, 0.15) is 5.82 Å². The van der Waals surface area contributed by atoms with E-state index in [0.29, 0.717) is 16.8 Å². The number of aromatic carboxylic acids is 1. The predicted molar refractivity (Wildman–Crippen MR) is 123 cm³/mol. The molecule has 2 N–H and O–H groups in total. The standard InChI is InChI=1S/C25H22FN3O3/c1-14-11-18(15(2)28-21-5-4-10-27-23(21)25(31)32)19-13-22(16-6-8-17(26)9-7-16)29(3)24(30)20(19)12-14/h4-13,15,28H,1-3H3,(H,31,32). The summed E-state index contributed by atoms with van der Waals surface area (Å²) in [5, 5.41) is 14.0. The molecule has 32 heavy (non-hydrogen) atoms. The Bertz CT molecular complexity index is 1390. The molecule has 0 aliphatic rings. The molecule has 1 atom stereocenters. The molecule has 0 fully saturated rings. The van der Waals surface area contributed by atoms with Crippen LogP contribution in [0.1, 0.15) is 34.6 Å². The maximum absolute atomic E-state index is 13.4. The molecule has 4 aromatic rings. The molecule has 7 heteroatoms. The summed E-state index contributed by atoms with van der Waals surface area (Å²) in [6.45, 7) is 3.82. The van der Waals surface area contributed by atoms with Gasteiger partial charge in [0.05, 0.1) is 11.4 Å². The molecule has 0 radical (unpaired) electrons. The minimum absolute atomic E-state index is 0.0702. The number of nitrogens with zero attached hydrogens (tertiary/aromatic N) is 2. The van der Waals surface area contributed by atoms with E-state index >= 15 is 0 Å². The molecule has 4 rings (SSSR count). The first-order valence-electron chi connectivity index (χ1n) is 10.1. The summed E-state index contributed by atoms with van der Waals surface area (Å²) in [5.74, 6) is -1.47. The second kappa shape index (κ2) is 8.26. The van der Waals surface area contributed by atoms with Crippen LogP contribution in [0.2, 0.25) is 0 Å². The van der Waals surface area contributed by atoms with Crippen molar-refractivity contribution in [3.63, 3.8) is 0 Å². The number of carbonyl (C=O) groups is 1. The van der Waals surface area contributed by atoms with E-state index in [2.05, 4.69) is 10.3 Å². The molecule has 162 valence electrons. The van der Waals surface area contributed by atoms with Gasteiger partial charge in [-0.05, 0) is 84.5 Å². The van der Waals surface area contributed by atoms with Gasteiger partial charge in [-0.15, -0.1) is 0 Å². The van der Waals surface area contributed by atoms with Crippen LogP contribution < -0.4 is 10.9 Å². The van der Waals surface area contributed by atoms with Gasteiger partial charge in [-0.2, -0.15) is 0 Å². The average molecular weight is 431 g/mol. The van der Waals surface area contributed by atoms with Gasteiger partial charge in [0.2, 0.25) is 0 Å². The van der Waals surface area contributed by atoms with Crippen LogP contribution >= 0.6 is 0 Å². The van der Waals surface area contributed by atoms with Crippen LogP contribution in [0.5, 0.6) is 0 Å². The number of aryl methyl sites for hydroxylation is 1. The largest absolute Gasteiger partial charge is 0.476 e. The van der Waals surface area contributed by atoms with Gasteiger partial charge in [0, 0.05) is 24.7 Å². The fourth-order valence-electron chi connectivity index (χ4n) is 3.95. The van der Waals surface area contributed by atoms with Crippen molar-refractivity contribution in [2.75, 3.05) is 5.32 Å². The van der Waals surface area contributed by atoms with Crippen LogP contribution in [0, 0.1) is 12.7 Å². The molecule has 0 amide bonds. The molecule has 1 unspecified atom stereocenters. The van der Waals surface area contributed by atoms with Crippen molar-refractivity contribution in [2.45, 2.75) is 19.9 Å². The van der Waals surface area contributed by atoms with E-state index in [1.54, 1.807) is 35.9 Å². The Morgan fingerprint density at radius 3 is 2.53 bits per heavy atom. The van der Waals surface area contributed by atoms with Gasteiger partial charge in [-0.25, -0.2) is 14.2 Å². The lowest BCUT2D eigenvalue weighted by Gasteiger charge is -2.20. The number of nitrogens with one attached hydrogen (secondary N) is 1.